The number of benzene rings is 2. The van der Waals surface area contributed by atoms with Crippen LogP contribution in [-0.4, -0.2) is 42.2 Å². The molecule has 1 fully saturated rings. The van der Waals surface area contributed by atoms with Crippen LogP contribution in [0.5, 0.6) is 11.8 Å². The number of aliphatic hydroxyl groups excluding tert-OH is 1. The molecule has 10 nitrogen and oxygen atoms in total. The normalized spacial score (nSPS) is 17.0. The Balaban J connectivity index is 1.61. The number of amides is 1. The summed E-state index contributed by atoms with van der Waals surface area (Å²) in [5, 5.41) is 25.9. The molecule has 0 spiro atoms. The second-order valence-corrected chi connectivity index (χ2v) is 8.94. The molecule has 1 aliphatic heterocycles. The van der Waals surface area contributed by atoms with Crippen molar-refractivity contribution >= 4 is 23.3 Å². The Labute approximate surface area is 212 Å². The van der Waals surface area contributed by atoms with Gasteiger partial charge < -0.3 is 9.84 Å². The molecular formula is C27H24N6O4. The molecule has 0 saturated carbocycles. The molecule has 5 rings (SSSR count). The lowest BCUT2D eigenvalue weighted by molar-refractivity contribution is -0.132. The number of aryl methyl sites for hydroxylation is 1. The lowest BCUT2D eigenvalue weighted by Gasteiger charge is -2.24. The third kappa shape index (κ3) is 4.56. The van der Waals surface area contributed by atoms with Gasteiger partial charge >= 0.3 is 11.9 Å². The average Bonchev–Trinajstić information content (AvgIpc) is 3.51. The van der Waals surface area contributed by atoms with Gasteiger partial charge in [-0.1, -0.05) is 50.2 Å². The standard InChI is InChI=1S/C27H24N6O4/c1-15(2)17-5-7-19(8-6-17)24(34)22-23(18-9-11-20(12-10-18)37-27-28-14-29-32-27)33(26(36)25(22)35)21-13-4-16(3)30-31-21/h4-15,23,34H,1-3H3,(H,28,29,32). The highest BCUT2D eigenvalue weighted by Crippen LogP contribution is 2.42. The second kappa shape index (κ2) is 9.65. The van der Waals surface area contributed by atoms with E-state index in [1.54, 1.807) is 55.5 Å². The molecule has 4 aromatic rings. The molecule has 0 radical (unpaired) electrons. The van der Waals surface area contributed by atoms with Crippen molar-refractivity contribution in [3.63, 3.8) is 0 Å². The van der Waals surface area contributed by atoms with E-state index >= 15 is 0 Å². The molecule has 37 heavy (non-hydrogen) atoms. The minimum Gasteiger partial charge on any atom is -0.507 e. The van der Waals surface area contributed by atoms with Crippen LogP contribution in [0.3, 0.4) is 0 Å². The van der Waals surface area contributed by atoms with E-state index in [1.807, 2.05) is 12.1 Å². The Morgan fingerprint density at radius 1 is 1.00 bits per heavy atom. The number of aliphatic hydroxyl groups is 1. The molecule has 2 N–H and O–H groups in total. The summed E-state index contributed by atoms with van der Waals surface area (Å²) in [6.07, 6.45) is 1.33. The number of ketones is 1. The maximum Gasteiger partial charge on any atom is 0.317 e. The summed E-state index contributed by atoms with van der Waals surface area (Å²) in [7, 11) is 0. The number of hydrogen-bond donors (Lipinski definition) is 2. The number of aromatic nitrogens is 5. The minimum absolute atomic E-state index is 0.0337. The number of carbonyl (C=O) groups excluding carboxylic acids is 2. The fourth-order valence-electron chi connectivity index (χ4n) is 4.16. The van der Waals surface area contributed by atoms with Crippen LogP contribution in [-0.2, 0) is 9.59 Å². The van der Waals surface area contributed by atoms with Crippen molar-refractivity contribution in [1.29, 1.82) is 0 Å². The van der Waals surface area contributed by atoms with Crippen LogP contribution in [0.2, 0.25) is 0 Å². The minimum atomic E-state index is -0.930. The molecule has 2 aromatic heterocycles. The van der Waals surface area contributed by atoms with E-state index < -0.39 is 17.7 Å². The van der Waals surface area contributed by atoms with Crippen LogP contribution >= 0.6 is 0 Å². The summed E-state index contributed by atoms with van der Waals surface area (Å²) in [5.41, 5.74) is 2.73. The number of H-pyrrole nitrogens is 1. The van der Waals surface area contributed by atoms with Crippen LogP contribution in [0.25, 0.3) is 5.76 Å². The van der Waals surface area contributed by atoms with Crippen molar-refractivity contribution < 1.29 is 19.4 Å². The van der Waals surface area contributed by atoms with E-state index in [2.05, 4.69) is 39.2 Å². The first kappa shape index (κ1) is 23.9. The zero-order chi connectivity index (χ0) is 26.1. The molecule has 1 aliphatic rings. The van der Waals surface area contributed by atoms with Gasteiger partial charge in [0.25, 0.3) is 5.78 Å². The molecule has 1 amide bonds. The highest BCUT2D eigenvalue weighted by Gasteiger charge is 2.47. The number of nitrogens with one attached hydrogen (secondary N) is 1. The summed E-state index contributed by atoms with van der Waals surface area (Å²) >= 11 is 0. The Morgan fingerprint density at radius 2 is 1.73 bits per heavy atom. The van der Waals surface area contributed by atoms with Gasteiger partial charge in [-0.15, -0.1) is 5.10 Å². The number of ether oxygens (including phenoxy) is 1. The molecule has 186 valence electrons. The molecule has 0 aliphatic carbocycles. The van der Waals surface area contributed by atoms with Crippen molar-refractivity contribution in [3.05, 3.63) is 94.9 Å². The molecule has 10 heteroatoms. The van der Waals surface area contributed by atoms with Gasteiger partial charge in [-0.2, -0.15) is 15.2 Å². The van der Waals surface area contributed by atoms with E-state index in [-0.39, 0.29) is 23.2 Å². The number of carbonyl (C=O) groups is 2. The molecule has 1 atom stereocenters. The molecule has 1 unspecified atom stereocenters. The third-order valence-electron chi connectivity index (χ3n) is 6.13. The summed E-state index contributed by atoms with van der Waals surface area (Å²) in [6, 6.07) is 16.7. The summed E-state index contributed by atoms with van der Waals surface area (Å²) in [4.78, 5) is 31.8. The second-order valence-electron chi connectivity index (χ2n) is 8.94. The van der Waals surface area contributed by atoms with Crippen molar-refractivity contribution in [3.8, 4) is 11.8 Å². The maximum atomic E-state index is 13.3. The third-order valence-corrected chi connectivity index (χ3v) is 6.13. The predicted octanol–water partition coefficient (Wildman–Crippen LogP) is 4.45. The largest absolute Gasteiger partial charge is 0.507 e. The number of hydrogen-bond acceptors (Lipinski definition) is 8. The van der Waals surface area contributed by atoms with Gasteiger partial charge in [0.05, 0.1) is 17.3 Å². The van der Waals surface area contributed by atoms with Gasteiger partial charge in [-0.3, -0.25) is 14.5 Å². The fourth-order valence-corrected chi connectivity index (χ4v) is 4.16. The molecule has 0 bridgehead atoms. The van der Waals surface area contributed by atoms with Crippen LogP contribution in [0.1, 0.15) is 48.2 Å². The highest BCUT2D eigenvalue weighted by molar-refractivity contribution is 6.51. The zero-order valence-corrected chi connectivity index (χ0v) is 20.4. The quantitative estimate of drug-likeness (QED) is 0.227. The zero-order valence-electron chi connectivity index (χ0n) is 20.4. The summed E-state index contributed by atoms with van der Waals surface area (Å²) in [5.74, 6) is -0.890. The van der Waals surface area contributed by atoms with Gasteiger partial charge in [-0.05, 0) is 48.2 Å². The Hall–Kier alpha value is -4.86. The topological polar surface area (TPSA) is 134 Å². The Kier molecular flexibility index (Phi) is 6.22. The summed E-state index contributed by atoms with van der Waals surface area (Å²) in [6.45, 7) is 5.91. The van der Waals surface area contributed by atoms with E-state index in [4.69, 9.17) is 4.74 Å². The van der Waals surface area contributed by atoms with E-state index in [1.165, 1.54) is 11.2 Å². The number of aromatic amines is 1. The molecule has 3 heterocycles. The van der Waals surface area contributed by atoms with E-state index in [0.717, 1.165) is 5.56 Å². The van der Waals surface area contributed by atoms with Crippen LogP contribution in [0, 0.1) is 6.92 Å². The number of nitrogens with zero attached hydrogens (tertiary/aromatic N) is 5. The first-order valence-corrected chi connectivity index (χ1v) is 11.7. The van der Waals surface area contributed by atoms with Gasteiger partial charge in [0.1, 0.15) is 17.8 Å². The molecule has 2 aromatic carbocycles. The maximum absolute atomic E-state index is 13.3. The van der Waals surface area contributed by atoms with E-state index in [9.17, 15) is 14.7 Å². The number of anilines is 1. The lowest BCUT2D eigenvalue weighted by atomic mass is 9.94. The lowest BCUT2D eigenvalue weighted by Crippen LogP contribution is -2.30. The van der Waals surface area contributed by atoms with Crippen molar-refractivity contribution in [1.82, 2.24) is 25.4 Å². The SMILES string of the molecule is Cc1ccc(N2C(=O)C(=O)C(=C(O)c3ccc(C(C)C)cc3)C2c2ccc(Oc3ncn[nH]3)cc2)nn1. The van der Waals surface area contributed by atoms with Crippen molar-refractivity contribution in [2.45, 2.75) is 32.7 Å². The molecule has 1 saturated heterocycles. The molecular weight excluding hydrogens is 472 g/mol. The van der Waals surface area contributed by atoms with Crippen molar-refractivity contribution in [2.75, 3.05) is 4.90 Å². The number of Topliss-reactive ketones (excluding diaryl/α,β-unsaturated/α-hetero) is 1. The Bertz CT molecular complexity index is 1460. The van der Waals surface area contributed by atoms with Crippen LogP contribution < -0.4 is 9.64 Å². The van der Waals surface area contributed by atoms with Gasteiger partial charge in [-0.25, -0.2) is 5.10 Å². The van der Waals surface area contributed by atoms with Gasteiger partial charge in [0.2, 0.25) is 0 Å². The first-order chi connectivity index (χ1) is 17.8. The van der Waals surface area contributed by atoms with Crippen molar-refractivity contribution in [2.24, 2.45) is 0 Å². The monoisotopic (exact) mass is 496 g/mol. The number of rotatable bonds is 6. The first-order valence-electron chi connectivity index (χ1n) is 11.7. The smallest absolute Gasteiger partial charge is 0.317 e. The van der Waals surface area contributed by atoms with Gasteiger partial charge in [0, 0.05) is 5.56 Å². The van der Waals surface area contributed by atoms with Gasteiger partial charge in [0.15, 0.2) is 5.82 Å². The predicted molar refractivity (Wildman–Crippen MR) is 135 cm³/mol. The fraction of sp³-hybridized carbons (Fsp3) is 0.185. The summed E-state index contributed by atoms with van der Waals surface area (Å²) < 4.78 is 5.62. The van der Waals surface area contributed by atoms with Crippen LogP contribution in [0.4, 0.5) is 5.82 Å². The average molecular weight is 497 g/mol. The van der Waals surface area contributed by atoms with E-state index in [0.29, 0.717) is 28.5 Å². The highest BCUT2D eigenvalue weighted by atomic mass is 16.5. The van der Waals surface area contributed by atoms with Crippen LogP contribution in [0.15, 0.2) is 72.6 Å². The Morgan fingerprint density at radius 3 is 2.32 bits per heavy atom.